The lowest BCUT2D eigenvalue weighted by atomic mass is 9.91. The lowest BCUT2D eigenvalue weighted by molar-refractivity contribution is 0.412. The van der Waals surface area contributed by atoms with E-state index < -0.39 is 14.6 Å². The van der Waals surface area contributed by atoms with Gasteiger partial charge in [-0.2, -0.15) is 0 Å². The normalized spacial score (nSPS) is 14.4. The van der Waals surface area contributed by atoms with Crippen LogP contribution in [0.25, 0.3) is 0 Å². The van der Waals surface area contributed by atoms with Crippen LogP contribution >= 0.6 is 0 Å². The fraction of sp³-hybridized carbons (Fsp3) is 0.571. The van der Waals surface area contributed by atoms with Gasteiger partial charge in [0, 0.05) is 12.3 Å². The number of rotatable bonds is 5. The average Bonchev–Trinajstić information content (AvgIpc) is 2.26. The monoisotopic (exact) mass is 284 g/mol. The van der Waals surface area contributed by atoms with E-state index in [-0.39, 0.29) is 6.04 Å². The van der Waals surface area contributed by atoms with Gasteiger partial charge < -0.3 is 0 Å². The number of aryl methyl sites for hydroxylation is 2. The van der Waals surface area contributed by atoms with Gasteiger partial charge in [-0.05, 0) is 50.8 Å². The molecule has 1 rings (SSSR count). The van der Waals surface area contributed by atoms with E-state index in [1.807, 2.05) is 32.0 Å². The van der Waals surface area contributed by atoms with Crippen LogP contribution in [0.15, 0.2) is 18.2 Å². The van der Waals surface area contributed by atoms with Crippen LogP contribution in [0.1, 0.15) is 30.5 Å². The van der Waals surface area contributed by atoms with Crippen molar-refractivity contribution in [3.8, 4) is 0 Å². The molecule has 0 aliphatic rings. The minimum Gasteiger partial charge on any atom is -0.271 e. The molecule has 0 aliphatic heterocycles. The van der Waals surface area contributed by atoms with Gasteiger partial charge in [-0.3, -0.25) is 11.3 Å². The van der Waals surface area contributed by atoms with E-state index in [9.17, 15) is 8.42 Å². The van der Waals surface area contributed by atoms with Crippen molar-refractivity contribution in [2.45, 2.75) is 44.9 Å². The maximum Gasteiger partial charge on any atom is 0.154 e. The van der Waals surface area contributed by atoms with E-state index >= 15 is 0 Å². The highest BCUT2D eigenvalue weighted by Gasteiger charge is 2.38. The number of hydrogen-bond acceptors (Lipinski definition) is 4. The lowest BCUT2D eigenvalue weighted by Crippen LogP contribution is -2.55. The van der Waals surface area contributed by atoms with Crippen LogP contribution in [0.3, 0.4) is 0 Å². The maximum atomic E-state index is 11.9. The first kappa shape index (κ1) is 16.1. The van der Waals surface area contributed by atoms with Gasteiger partial charge in [0.15, 0.2) is 9.84 Å². The van der Waals surface area contributed by atoms with Gasteiger partial charge >= 0.3 is 0 Å². The molecule has 0 bridgehead atoms. The summed E-state index contributed by atoms with van der Waals surface area (Å²) in [6.07, 6.45) is 1.84. The summed E-state index contributed by atoms with van der Waals surface area (Å²) in [5, 5.41) is 0. The Morgan fingerprint density at radius 2 is 1.74 bits per heavy atom. The molecule has 19 heavy (non-hydrogen) atoms. The van der Waals surface area contributed by atoms with Crippen LogP contribution < -0.4 is 11.3 Å². The van der Waals surface area contributed by atoms with Crippen LogP contribution in [-0.4, -0.2) is 25.5 Å². The van der Waals surface area contributed by atoms with Crippen LogP contribution in [-0.2, 0) is 16.3 Å². The van der Waals surface area contributed by atoms with Crippen molar-refractivity contribution < 1.29 is 8.42 Å². The SMILES string of the molecule is Cc1cccc(C)c1CC(NN)C(C)(C)S(C)(=O)=O. The first-order valence-corrected chi connectivity index (χ1v) is 8.21. The summed E-state index contributed by atoms with van der Waals surface area (Å²) in [5.74, 6) is 5.59. The van der Waals surface area contributed by atoms with E-state index in [1.165, 1.54) is 6.26 Å². The zero-order valence-electron chi connectivity index (χ0n) is 12.3. The largest absolute Gasteiger partial charge is 0.271 e. The minimum absolute atomic E-state index is 0.331. The molecule has 0 aliphatic carbocycles. The molecule has 0 saturated heterocycles. The Balaban J connectivity index is 3.15. The van der Waals surface area contributed by atoms with Gasteiger partial charge in [0.25, 0.3) is 0 Å². The Morgan fingerprint density at radius 1 is 1.26 bits per heavy atom. The molecule has 0 amide bonds. The molecule has 3 N–H and O–H groups in total. The molecular formula is C14H24N2O2S. The minimum atomic E-state index is -3.20. The number of hydrazine groups is 1. The standard InChI is InChI=1S/C14H24N2O2S/c1-10-7-6-8-11(2)12(10)9-13(16-15)14(3,4)19(5,17)18/h6-8,13,16H,9,15H2,1-5H3. The third-order valence-corrected chi connectivity index (χ3v) is 6.24. The van der Waals surface area contributed by atoms with Crippen LogP contribution in [0.2, 0.25) is 0 Å². The number of nitrogens with two attached hydrogens (primary N) is 1. The number of benzene rings is 1. The molecule has 1 aromatic carbocycles. The first-order valence-electron chi connectivity index (χ1n) is 6.32. The van der Waals surface area contributed by atoms with Crippen molar-refractivity contribution in [2.75, 3.05) is 6.26 Å². The van der Waals surface area contributed by atoms with Crippen molar-refractivity contribution in [3.05, 3.63) is 34.9 Å². The van der Waals surface area contributed by atoms with Gasteiger partial charge in [-0.1, -0.05) is 18.2 Å². The van der Waals surface area contributed by atoms with E-state index in [0.717, 1.165) is 16.7 Å². The molecule has 0 heterocycles. The topological polar surface area (TPSA) is 72.2 Å². The smallest absolute Gasteiger partial charge is 0.154 e. The Kier molecular flexibility index (Phi) is 4.76. The summed E-state index contributed by atoms with van der Waals surface area (Å²) in [7, 11) is -3.20. The van der Waals surface area contributed by atoms with Crippen molar-refractivity contribution in [2.24, 2.45) is 5.84 Å². The highest BCUT2D eigenvalue weighted by Crippen LogP contribution is 2.25. The molecule has 0 saturated carbocycles. The fourth-order valence-corrected chi connectivity index (χ4v) is 2.81. The van der Waals surface area contributed by atoms with Crippen LogP contribution in [0, 0.1) is 13.8 Å². The fourth-order valence-electron chi connectivity index (χ4n) is 2.14. The molecular weight excluding hydrogens is 260 g/mol. The second kappa shape index (κ2) is 5.61. The first-order chi connectivity index (χ1) is 8.61. The number of sulfone groups is 1. The molecule has 1 unspecified atom stereocenters. The third-order valence-electron chi connectivity index (χ3n) is 4.05. The van der Waals surface area contributed by atoms with E-state index in [0.29, 0.717) is 6.42 Å². The second-order valence-corrected chi connectivity index (χ2v) is 8.27. The summed E-state index contributed by atoms with van der Waals surface area (Å²) < 4.78 is 22.9. The molecule has 1 atom stereocenters. The summed E-state index contributed by atoms with van der Waals surface area (Å²) in [6, 6.07) is 5.73. The Hall–Kier alpha value is -0.910. The molecule has 0 spiro atoms. The van der Waals surface area contributed by atoms with Crippen molar-refractivity contribution >= 4 is 9.84 Å². The predicted molar refractivity (Wildman–Crippen MR) is 79.7 cm³/mol. The summed E-state index contributed by atoms with van der Waals surface area (Å²) in [6.45, 7) is 7.48. The van der Waals surface area contributed by atoms with Gasteiger partial charge in [0.1, 0.15) is 0 Å². The van der Waals surface area contributed by atoms with Gasteiger partial charge in [-0.25, -0.2) is 8.42 Å². The molecule has 0 fully saturated rings. The van der Waals surface area contributed by atoms with Crippen molar-refractivity contribution in [1.82, 2.24) is 5.43 Å². The molecule has 4 nitrogen and oxygen atoms in total. The quantitative estimate of drug-likeness (QED) is 0.635. The van der Waals surface area contributed by atoms with E-state index in [4.69, 9.17) is 5.84 Å². The Labute approximate surface area is 116 Å². The van der Waals surface area contributed by atoms with Crippen molar-refractivity contribution in [1.29, 1.82) is 0 Å². The van der Waals surface area contributed by atoms with Gasteiger partial charge in [0.05, 0.1) is 4.75 Å². The zero-order chi connectivity index (χ0) is 14.8. The molecule has 108 valence electrons. The summed E-state index contributed by atoms with van der Waals surface area (Å²) >= 11 is 0. The van der Waals surface area contributed by atoms with Crippen LogP contribution in [0.4, 0.5) is 0 Å². The molecule has 5 heteroatoms. The predicted octanol–water partition coefficient (Wildman–Crippen LogP) is 1.50. The van der Waals surface area contributed by atoms with Crippen molar-refractivity contribution in [3.63, 3.8) is 0 Å². The second-order valence-electron chi connectivity index (χ2n) is 5.67. The molecule has 1 aromatic rings. The summed E-state index contributed by atoms with van der Waals surface area (Å²) in [5.41, 5.74) is 6.14. The average molecular weight is 284 g/mol. The number of hydrogen-bond donors (Lipinski definition) is 2. The summed E-state index contributed by atoms with van der Waals surface area (Å²) in [4.78, 5) is 0. The third kappa shape index (κ3) is 3.35. The van der Waals surface area contributed by atoms with Gasteiger partial charge in [-0.15, -0.1) is 0 Å². The van der Waals surface area contributed by atoms with E-state index in [2.05, 4.69) is 5.43 Å². The Morgan fingerprint density at radius 3 is 2.11 bits per heavy atom. The van der Waals surface area contributed by atoms with Gasteiger partial charge in [0.2, 0.25) is 0 Å². The van der Waals surface area contributed by atoms with E-state index in [1.54, 1.807) is 13.8 Å². The zero-order valence-corrected chi connectivity index (χ0v) is 13.1. The molecule has 0 radical (unpaired) electrons. The Bertz CT molecular complexity index is 530. The number of nitrogens with one attached hydrogen (secondary N) is 1. The molecule has 0 aromatic heterocycles. The van der Waals surface area contributed by atoms with Crippen LogP contribution in [0.5, 0.6) is 0 Å². The lowest BCUT2D eigenvalue weighted by Gasteiger charge is -2.33. The highest BCUT2D eigenvalue weighted by atomic mass is 32.2. The maximum absolute atomic E-state index is 11.9. The highest BCUT2D eigenvalue weighted by molar-refractivity contribution is 7.92.